The van der Waals surface area contributed by atoms with Crippen molar-refractivity contribution in [1.29, 1.82) is 0 Å². The predicted molar refractivity (Wildman–Crippen MR) is 84.3 cm³/mol. The minimum absolute atomic E-state index is 0.270. The first-order valence-corrected chi connectivity index (χ1v) is 7.85. The molecule has 2 aromatic carbocycles. The molecule has 0 aliphatic carbocycles. The molecule has 1 heterocycles. The number of hydrogen-bond acceptors (Lipinski definition) is 2. The molecule has 0 fully saturated rings. The Labute approximate surface area is 136 Å². The second kappa shape index (κ2) is 5.85. The maximum absolute atomic E-state index is 14.0. The Morgan fingerprint density at radius 2 is 1.76 bits per heavy atom. The molecule has 2 aromatic rings. The molecule has 0 bridgehead atoms. The van der Waals surface area contributed by atoms with Crippen LogP contribution < -0.4 is 9.47 Å². The highest BCUT2D eigenvalue weighted by atomic mass is 79.9. The lowest BCUT2D eigenvalue weighted by atomic mass is 10.0. The molecule has 0 amide bonds. The number of rotatable bonds is 2. The van der Waals surface area contributed by atoms with Crippen molar-refractivity contribution in [2.75, 3.05) is 13.2 Å². The molecule has 21 heavy (non-hydrogen) atoms. The lowest BCUT2D eigenvalue weighted by molar-refractivity contribution is 0.171. The van der Waals surface area contributed by atoms with Gasteiger partial charge >= 0.3 is 0 Å². The van der Waals surface area contributed by atoms with Crippen LogP contribution in [0.4, 0.5) is 4.39 Å². The van der Waals surface area contributed by atoms with E-state index in [-0.39, 0.29) is 10.6 Å². The van der Waals surface area contributed by atoms with Crippen LogP contribution in [0.2, 0.25) is 5.02 Å². The summed E-state index contributed by atoms with van der Waals surface area (Å²) in [6.45, 7) is 2.93. The Kier molecular flexibility index (Phi) is 4.09. The first-order chi connectivity index (χ1) is 10.1. The van der Waals surface area contributed by atoms with Crippen molar-refractivity contribution in [3.05, 3.63) is 57.9 Å². The number of hydrogen-bond donors (Lipinski definition) is 0. The molecule has 0 radical (unpaired) electrons. The van der Waals surface area contributed by atoms with Crippen molar-refractivity contribution < 1.29 is 13.9 Å². The van der Waals surface area contributed by atoms with Gasteiger partial charge in [0.15, 0.2) is 11.5 Å². The van der Waals surface area contributed by atoms with E-state index >= 15 is 0 Å². The second-order valence-electron chi connectivity index (χ2n) is 4.90. The largest absolute Gasteiger partial charge is 0.486 e. The topological polar surface area (TPSA) is 18.5 Å². The number of halogens is 3. The lowest BCUT2D eigenvalue weighted by Crippen LogP contribution is -2.15. The van der Waals surface area contributed by atoms with Crippen LogP contribution in [0, 0.1) is 12.7 Å². The van der Waals surface area contributed by atoms with Gasteiger partial charge in [0.1, 0.15) is 19.0 Å². The maximum atomic E-state index is 14.0. The molecule has 0 spiro atoms. The van der Waals surface area contributed by atoms with Gasteiger partial charge in [-0.25, -0.2) is 4.39 Å². The monoisotopic (exact) mass is 370 g/mol. The summed E-state index contributed by atoms with van der Waals surface area (Å²) in [5.41, 5.74) is 2.29. The average Bonchev–Trinajstić information content (AvgIpc) is 2.48. The normalized spacial score (nSPS) is 14.9. The second-order valence-corrected chi connectivity index (χ2v) is 6.23. The zero-order chi connectivity index (χ0) is 15.0. The van der Waals surface area contributed by atoms with E-state index in [2.05, 4.69) is 15.9 Å². The lowest BCUT2D eigenvalue weighted by Gasteiger charge is -2.21. The number of aryl methyl sites for hydroxylation is 1. The number of benzene rings is 2. The molecule has 5 heteroatoms. The predicted octanol–water partition coefficient (Wildman–Crippen LogP) is 5.04. The third-order valence-corrected chi connectivity index (χ3v) is 4.67. The van der Waals surface area contributed by atoms with E-state index in [1.54, 1.807) is 18.2 Å². The summed E-state index contributed by atoms with van der Waals surface area (Å²) in [5.74, 6) is 0.992. The smallest absolute Gasteiger partial charge is 0.162 e. The van der Waals surface area contributed by atoms with Gasteiger partial charge in [-0.2, -0.15) is 0 Å². The fourth-order valence-electron chi connectivity index (χ4n) is 2.30. The molecule has 0 aromatic heterocycles. The van der Waals surface area contributed by atoms with E-state index in [0.29, 0.717) is 35.3 Å². The SMILES string of the molecule is Cc1ccc(F)c(C(Br)c2cc3c(cc2Cl)OCCO3)c1. The number of alkyl halides is 1. The van der Waals surface area contributed by atoms with Crippen molar-refractivity contribution in [3.8, 4) is 11.5 Å². The summed E-state index contributed by atoms with van der Waals surface area (Å²) in [6.07, 6.45) is 0. The highest BCUT2D eigenvalue weighted by molar-refractivity contribution is 9.09. The summed E-state index contributed by atoms with van der Waals surface area (Å²) in [5, 5.41) is 0.516. The Balaban J connectivity index is 2.05. The van der Waals surface area contributed by atoms with Gasteiger partial charge in [-0.15, -0.1) is 0 Å². The summed E-state index contributed by atoms with van der Waals surface area (Å²) >= 11 is 9.85. The number of fused-ring (bicyclic) bond motifs is 1. The first kappa shape index (κ1) is 14.7. The summed E-state index contributed by atoms with van der Waals surface area (Å²) in [4.78, 5) is -0.347. The third-order valence-electron chi connectivity index (χ3n) is 3.36. The van der Waals surface area contributed by atoms with E-state index in [1.807, 2.05) is 13.0 Å². The molecule has 0 saturated carbocycles. The third kappa shape index (κ3) is 2.87. The fraction of sp³-hybridized carbons (Fsp3) is 0.250. The molecule has 1 aliphatic heterocycles. The van der Waals surface area contributed by atoms with Gasteiger partial charge in [0.25, 0.3) is 0 Å². The van der Waals surface area contributed by atoms with Gasteiger partial charge in [-0.1, -0.05) is 45.2 Å². The van der Waals surface area contributed by atoms with Crippen molar-refractivity contribution in [2.24, 2.45) is 0 Å². The van der Waals surface area contributed by atoms with Crippen molar-refractivity contribution >= 4 is 27.5 Å². The van der Waals surface area contributed by atoms with Crippen LogP contribution in [0.3, 0.4) is 0 Å². The van der Waals surface area contributed by atoms with Crippen LogP contribution in [0.15, 0.2) is 30.3 Å². The van der Waals surface area contributed by atoms with E-state index in [0.717, 1.165) is 11.1 Å². The first-order valence-electron chi connectivity index (χ1n) is 6.55. The highest BCUT2D eigenvalue weighted by Crippen LogP contribution is 2.43. The van der Waals surface area contributed by atoms with Gasteiger partial charge in [-0.05, 0) is 24.6 Å². The zero-order valence-corrected chi connectivity index (χ0v) is 13.7. The minimum atomic E-state index is -0.347. The molecular formula is C16H13BrClFO2. The summed E-state index contributed by atoms with van der Waals surface area (Å²) < 4.78 is 25.1. The van der Waals surface area contributed by atoms with Gasteiger partial charge in [0.05, 0.1) is 4.83 Å². The van der Waals surface area contributed by atoms with Crippen LogP contribution in [0.25, 0.3) is 0 Å². The maximum Gasteiger partial charge on any atom is 0.162 e. The Morgan fingerprint density at radius 3 is 2.48 bits per heavy atom. The van der Waals surface area contributed by atoms with Crippen molar-refractivity contribution in [1.82, 2.24) is 0 Å². The van der Waals surface area contributed by atoms with E-state index < -0.39 is 0 Å². The van der Waals surface area contributed by atoms with Crippen LogP contribution in [-0.4, -0.2) is 13.2 Å². The van der Waals surface area contributed by atoms with Gasteiger partial charge in [0.2, 0.25) is 0 Å². The molecule has 0 saturated heterocycles. The van der Waals surface area contributed by atoms with Crippen molar-refractivity contribution in [3.63, 3.8) is 0 Å². The summed E-state index contributed by atoms with van der Waals surface area (Å²) in [7, 11) is 0. The van der Waals surface area contributed by atoms with E-state index in [4.69, 9.17) is 21.1 Å². The molecule has 1 atom stereocenters. The minimum Gasteiger partial charge on any atom is -0.486 e. The van der Waals surface area contributed by atoms with Gasteiger partial charge < -0.3 is 9.47 Å². The Morgan fingerprint density at radius 1 is 1.10 bits per heavy atom. The quantitative estimate of drug-likeness (QED) is 0.688. The van der Waals surface area contributed by atoms with E-state index in [9.17, 15) is 4.39 Å². The van der Waals surface area contributed by atoms with Crippen LogP contribution in [-0.2, 0) is 0 Å². The molecule has 3 rings (SSSR count). The van der Waals surface area contributed by atoms with E-state index in [1.165, 1.54) is 6.07 Å². The van der Waals surface area contributed by atoms with Crippen LogP contribution in [0.1, 0.15) is 21.5 Å². The van der Waals surface area contributed by atoms with Crippen molar-refractivity contribution in [2.45, 2.75) is 11.8 Å². The Bertz CT molecular complexity index is 690. The average molecular weight is 372 g/mol. The number of ether oxygens (including phenoxy) is 2. The molecular weight excluding hydrogens is 359 g/mol. The molecule has 110 valence electrons. The molecule has 0 N–H and O–H groups in total. The standard InChI is InChI=1S/C16H13BrClFO2/c1-9-2-3-13(19)11(6-9)16(17)10-7-14-15(8-12(10)18)21-5-4-20-14/h2-3,6-8,16H,4-5H2,1H3. The molecule has 1 unspecified atom stereocenters. The Hall–Kier alpha value is -1.26. The highest BCUT2D eigenvalue weighted by Gasteiger charge is 2.22. The van der Waals surface area contributed by atoms with Gasteiger partial charge in [0, 0.05) is 16.7 Å². The fourth-order valence-corrected chi connectivity index (χ4v) is 3.42. The zero-order valence-electron chi connectivity index (χ0n) is 11.3. The van der Waals surface area contributed by atoms with Crippen LogP contribution in [0.5, 0.6) is 11.5 Å². The van der Waals surface area contributed by atoms with Gasteiger partial charge in [-0.3, -0.25) is 0 Å². The van der Waals surface area contributed by atoms with Crippen LogP contribution >= 0.6 is 27.5 Å². The molecule has 2 nitrogen and oxygen atoms in total. The summed E-state index contributed by atoms with van der Waals surface area (Å²) in [6, 6.07) is 8.53. The molecule has 1 aliphatic rings.